The van der Waals surface area contributed by atoms with Gasteiger partial charge in [-0.05, 0) is 29.8 Å². The highest BCUT2D eigenvalue weighted by Gasteiger charge is 2.02. The molecule has 0 aliphatic carbocycles. The Morgan fingerprint density at radius 2 is 1.65 bits per heavy atom. The first-order chi connectivity index (χ1) is 8.24. The molecular weight excluding hydrogens is 296 g/mol. The summed E-state index contributed by atoms with van der Waals surface area (Å²) in [5.74, 6) is 0.835. The summed E-state index contributed by atoms with van der Waals surface area (Å²) in [4.78, 5) is 0. The van der Waals surface area contributed by atoms with Crippen molar-refractivity contribution in [3.63, 3.8) is 0 Å². The standard InChI is InChI=1S/C13H13BrN2S/c14-12-8-6-11(7-9-12)10-17(15)16-13-4-2-1-3-5-13/h1-9H,10H2,(H2,15,16)/p+1. The maximum absolute atomic E-state index is 6.08. The molecule has 2 nitrogen and oxygen atoms in total. The van der Waals surface area contributed by atoms with E-state index in [1.165, 1.54) is 5.56 Å². The molecule has 0 bridgehead atoms. The van der Waals surface area contributed by atoms with Gasteiger partial charge in [-0.15, -0.1) is 0 Å². The Kier molecular flexibility index (Phi) is 4.34. The molecule has 0 spiro atoms. The summed E-state index contributed by atoms with van der Waals surface area (Å²) < 4.78 is 10.5. The molecule has 0 radical (unpaired) electrons. The van der Waals surface area contributed by atoms with Gasteiger partial charge < -0.3 is 0 Å². The van der Waals surface area contributed by atoms with Crippen LogP contribution in [-0.4, -0.2) is 0 Å². The van der Waals surface area contributed by atoms with Gasteiger partial charge in [-0.25, -0.2) is 4.78 Å². The van der Waals surface area contributed by atoms with Gasteiger partial charge in [-0.3, -0.25) is 4.72 Å². The van der Waals surface area contributed by atoms with Crippen LogP contribution in [0.3, 0.4) is 0 Å². The molecule has 17 heavy (non-hydrogen) atoms. The number of rotatable bonds is 4. The van der Waals surface area contributed by atoms with Crippen molar-refractivity contribution in [3.05, 3.63) is 64.6 Å². The zero-order valence-corrected chi connectivity index (χ0v) is 11.7. The zero-order valence-electron chi connectivity index (χ0n) is 9.27. The van der Waals surface area contributed by atoms with Crippen LogP contribution in [-0.2, 0) is 16.6 Å². The third-order valence-corrected chi connectivity index (χ3v) is 3.93. The first kappa shape index (κ1) is 12.3. The van der Waals surface area contributed by atoms with E-state index >= 15 is 0 Å². The maximum atomic E-state index is 6.08. The molecule has 0 aliphatic rings. The molecule has 0 fully saturated rings. The van der Waals surface area contributed by atoms with Crippen molar-refractivity contribution in [2.45, 2.75) is 5.75 Å². The van der Waals surface area contributed by atoms with Gasteiger partial charge in [-0.2, -0.15) is 0 Å². The van der Waals surface area contributed by atoms with E-state index < -0.39 is 0 Å². The number of hydrogen-bond donors (Lipinski definition) is 2. The van der Waals surface area contributed by atoms with Crippen LogP contribution in [0.5, 0.6) is 0 Å². The average Bonchev–Trinajstić information content (AvgIpc) is 2.33. The second-order valence-corrected chi connectivity index (χ2v) is 5.93. The smallest absolute Gasteiger partial charge is 0.141 e. The van der Waals surface area contributed by atoms with Crippen LogP contribution in [0.4, 0.5) is 5.69 Å². The molecule has 0 heterocycles. The van der Waals surface area contributed by atoms with E-state index in [0.29, 0.717) is 0 Å². The third kappa shape index (κ3) is 3.98. The predicted octanol–water partition coefficient (Wildman–Crippen LogP) is 2.54. The molecule has 1 atom stereocenters. The van der Waals surface area contributed by atoms with Crippen molar-refractivity contribution in [2.75, 3.05) is 4.72 Å². The van der Waals surface area contributed by atoms with Crippen LogP contribution in [0.2, 0.25) is 0 Å². The van der Waals surface area contributed by atoms with Gasteiger partial charge in [-0.1, -0.05) is 46.3 Å². The Labute approximate surface area is 112 Å². The lowest BCUT2D eigenvalue weighted by atomic mass is 10.2. The van der Waals surface area contributed by atoms with Crippen molar-refractivity contribution in [1.29, 1.82) is 0 Å². The van der Waals surface area contributed by atoms with E-state index in [-0.39, 0.29) is 10.9 Å². The Morgan fingerprint density at radius 3 is 2.29 bits per heavy atom. The molecule has 0 saturated heterocycles. The van der Waals surface area contributed by atoms with Crippen molar-refractivity contribution < 1.29 is 4.78 Å². The van der Waals surface area contributed by atoms with Gasteiger partial charge >= 0.3 is 0 Å². The van der Waals surface area contributed by atoms with Crippen molar-refractivity contribution >= 4 is 32.5 Å². The molecule has 0 aliphatic heterocycles. The molecule has 3 N–H and O–H groups in total. The third-order valence-electron chi connectivity index (χ3n) is 2.26. The first-order valence-corrected chi connectivity index (χ1v) is 7.50. The van der Waals surface area contributed by atoms with Crippen LogP contribution < -0.4 is 9.50 Å². The average molecular weight is 310 g/mol. The summed E-state index contributed by atoms with van der Waals surface area (Å²) in [6, 6.07) is 18.3. The fourth-order valence-corrected chi connectivity index (χ4v) is 2.78. The largest absolute Gasteiger partial charge is 0.288 e. The number of para-hydroxylation sites is 1. The Bertz CT molecular complexity index is 497. The lowest BCUT2D eigenvalue weighted by molar-refractivity contribution is -0.0752. The van der Waals surface area contributed by atoms with Crippen molar-refractivity contribution in [3.8, 4) is 0 Å². The topological polar surface area (TPSA) is 37.6 Å². The normalized spacial score (nSPS) is 12.1. The molecular formula is C13H14BrN2S+. The van der Waals surface area contributed by atoms with Crippen LogP contribution in [0.25, 0.3) is 0 Å². The Hall–Kier alpha value is -1.13. The van der Waals surface area contributed by atoms with Crippen LogP contribution in [0, 0.1) is 0 Å². The fraction of sp³-hybridized carbons (Fsp3) is 0.0769. The number of halogens is 1. The van der Waals surface area contributed by atoms with Crippen LogP contribution in [0.1, 0.15) is 5.56 Å². The zero-order chi connectivity index (χ0) is 12.1. The SMILES string of the molecule is [NH2+]=S(Cc1ccc(Br)cc1)Nc1ccccc1. The van der Waals surface area contributed by atoms with Gasteiger partial charge in [0.15, 0.2) is 0 Å². The van der Waals surface area contributed by atoms with E-state index in [9.17, 15) is 0 Å². The van der Waals surface area contributed by atoms with Gasteiger partial charge in [0.1, 0.15) is 10.9 Å². The van der Waals surface area contributed by atoms with E-state index in [1.807, 2.05) is 42.5 Å². The Balaban J connectivity index is 1.96. The Morgan fingerprint density at radius 1 is 1.00 bits per heavy atom. The molecule has 88 valence electrons. The lowest BCUT2D eigenvalue weighted by Gasteiger charge is -2.04. The second kappa shape index (κ2) is 5.98. The molecule has 0 aromatic heterocycles. The summed E-state index contributed by atoms with van der Waals surface area (Å²) >= 11 is 3.42. The van der Waals surface area contributed by atoms with Crippen molar-refractivity contribution in [1.82, 2.24) is 0 Å². The lowest BCUT2D eigenvalue weighted by Crippen LogP contribution is -2.39. The van der Waals surface area contributed by atoms with Crippen LogP contribution in [0.15, 0.2) is 59.1 Å². The highest BCUT2D eigenvalue weighted by Crippen LogP contribution is 2.12. The van der Waals surface area contributed by atoms with Crippen molar-refractivity contribution in [2.24, 2.45) is 0 Å². The second-order valence-electron chi connectivity index (χ2n) is 3.67. The highest BCUT2D eigenvalue weighted by atomic mass is 79.9. The minimum absolute atomic E-state index is 0.344. The number of hydrogen-bond acceptors (Lipinski definition) is 0. The number of anilines is 1. The summed E-state index contributed by atoms with van der Waals surface area (Å²) in [5.41, 5.74) is 2.30. The van der Waals surface area contributed by atoms with Gasteiger partial charge in [0, 0.05) is 10.2 Å². The van der Waals surface area contributed by atoms with Gasteiger partial charge in [0.25, 0.3) is 0 Å². The van der Waals surface area contributed by atoms with Gasteiger partial charge in [0.05, 0.1) is 5.75 Å². The summed E-state index contributed by atoms with van der Waals surface area (Å²) in [6.45, 7) is 0. The summed E-state index contributed by atoms with van der Waals surface area (Å²) in [6.07, 6.45) is 0. The summed E-state index contributed by atoms with van der Waals surface area (Å²) in [7, 11) is -0.344. The highest BCUT2D eigenvalue weighted by molar-refractivity contribution is 9.10. The number of nitrogens with two attached hydrogens (primary N) is 1. The number of benzene rings is 2. The fourth-order valence-electron chi connectivity index (χ4n) is 1.45. The minimum Gasteiger partial charge on any atom is -0.288 e. The number of nitrogens with one attached hydrogen (secondary N) is 1. The van der Waals surface area contributed by atoms with E-state index in [4.69, 9.17) is 4.78 Å². The molecule has 1 unspecified atom stereocenters. The molecule has 2 aromatic rings. The monoisotopic (exact) mass is 309 g/mol. The van der Waals surface area contributed by atoms with Crippen LogP contribution >= 0.6 is 15.9 Å². The first-order valence-electron chi connectivity index (χ1n) is 5.25. The molecule has 2 aromatic carbocycles. The predicted molar refractivity (Wildman–Crippen MR) is 77.2 cm³/mol. The molecule has 0 saturated carbocycles. The molecule has 4 heteroatoms. The minimum atomic E-state index is -0.344. The van der Waals surface area contributed by atoms with E-state index in [2.05, 4.69) is 32.8 Å². The molecule has 2 rings (SSSR count). The quantitative estimate of drug-likeness (QED) is 0.895. The van der Waals surface area contributed by atoms with E-state index in [1.54, 1.807) is 0 Å². The maximum Gasteiger partial charge on any atom is 0.141 e. The van der Waals surface area contributed by atoms with Gasteiger partial charge in [0.2, 0.25) is 0 Å². The summed E-state index contributed by atoms with van der Waals surface area (Å²) in [5, 5.41) is 0. The molecule has 0 amide bonds. The van der Waals surface area contributed by atoms with E-state index in [0.717, 1.165) is 15.9 Å².